The first kappa shape index (κ1) is 28.2. The van der Waals surface area contributed by atoms with Gasteiger partial charge in [-0.25, -0.2) is 9.18 Å². The van der Waals surface area contributed by atoms with Crippen molar-refractivity contribution in [2.24, 2.45) is 0 Å². The number of amides is 1. The molecule has 3 N–H and O–H groups in total. The van der Waals surface area contributed by atoms with Gasteiger partial charge < -0.3 is 25.0 Å². The Hall–Kier alpha value is -3.77. The Labute approximate surface area is 218 Å². The summed E-state index contributed by atoms with van der Waals surface area (Å²) in [6.07, 6.45) is -19.6. The van der Waals surface area contributed by atoms with Crippen LogP contribution in [0.4, 0.5) is 31.1 Å². The number of alkyl carbamates (subject to hydrolysis) is 1. The highest BCUT2D eigenvalue weighted by atomic mass is 19.4. The summed E-state index contributed by atoms with van der Waals surface area (Å²) in [6, 6.07) is 19.0. The third kappa shape index (κ3) is 6.28. The van der Waals surface area contributed by atoms with Crippen molar-refractivity contribution >= 4 is 6.09 Å². The Kier molecular flexibility index (Phi) is 8.07. The minimum absolute atomic E-state index is 0.0265. The SMILES string of the molecule is O=C(NCC(O)C(O)c1ccc(OC(F)(F)[C@H](F)C(F)(F)F)cc1)OCC1c2ccccc2-c2ccccc21. The Balaban J connectivity index is 1.29. The molecule has 0 aromatic heterocycles. The third-order valence-electron chi connectivity index (χ3n) is 6.22. The minimum atomic E-state index is -5.83. The average Bonchev–Trinajstić information content (AvgIpc) is 3.23. The van der Waals surface area contributed by atoms with E-state index in [0.29, 0.717) is 0 Å². The monoisotopic (exact) mass is 555 g/mol. The summed E-state index contributed by atoms with van der Waals surface area (Å²) in [4.78, 5) is 12.3. The highest BCUT2D eigenvalue weighted by molar-refractivity contribution is 5.79. The second kappa shape index (κ2) is 11.1. The van der Waals surface area contributed by atoms with Gasteiger partial charge in [0.1, 0.15) is 24.6 Å². The molecular weight excluding hydrogens is 532 g/mol. The summed E-state index contributed by atoms with van der Waals surface area (Å²) < 4.78 is 85.7. The van der Waals surface area contributed by atoms with Crippen LogP contribution in [-0.2, 0) is 4.74 Å². The lowest BCUT2D eigenvalue weighted by atomic mass is 9.98. The number of aliphatic hydroxyl groups is 2. The summed E-state index contributed by atoms with van der Waals surface area (Å²) >= 11 is 0. The zero-order valence-corrected chi connectivity index (χ0v) is 20.0. The first-order valence-corrected chi connectivity index (χ1v) is 11.7. The summed E-state index contributed by atoms with van der Waals surface area (Å²) in [5, 5.41) is 22.9. The lowest BCUT2D eigenvalue weighted by molar-refractivity contribution is -0.304. The van der Waals surface area contributed by atoms with Crippen LogP contribution in [-0.4, -0.2) is 54.0 Å². The van der Waals surface area contributed by atoms with Gasteiger partial charge in [0, 0.05) is 12.5 Å². The number of halogens is 6. The molecule has 0 spiro atoms. The zero-order chi connectivity index (χ0) is 28.4. The lowest BCUT2D eigenvalue weighted by Crippen LogP contribution is -2.45. The Morgan fingerprint density at radius 2 is 1.41 bits per heavy atom. The van der Waals surface area contributed by atoms with E-state index in [1.54, 1.807) is 0 Å². The minimum Gasteiger partial charge on any atom is -0.449 e. The standard InChI is InChI=1S/C27H23F6NO5/c28-24(26(29,30)31)27(32,33)39-16-11-9-15(10-12-16)23(36)22(35)13-34-25(37)38-14-21-19-7-3-1-5-17(19)18-6-2-4-8-20(18)21/h1-12,21-24,35-36H,13-14H2,(H,34,37)/t22?,23?,24-/m1/s1. The quantitative estimate of drug-likeness (QED) is 0.304. The number of fused-ring (bicyclic) bond motifs is 3. The molecule has 1 aliphatic carbocycles. The number of hydrogen-bond donors (Lipinski definition) is 3. The van der Waals surface area contributed by atoms with Crippen LogP contribution < -0.4 is 10.1 Å². The van der Waals surface area contributed by atoms with Crippen molar-refractivity contribution < 1.29 is 50.8 Å². The van der Waals surface area contributed by atoms with E-state index in [2.05, 4.69) is 10.1 Å². The van der Waals surface area contributed by atoms with Gasteiger partial charge in [-0.1, -0.05) is 60.7 Å². The maximum Gasteiger partial charge on any atom is 0.439 e. The number of alkyl halides is 6. The fourth-order valence-electron chi connectivity index (χ4n) is 4.30. The topological polar surface area (TPSA) is 88.0 Å². The third-order valence-corrected chi connectivity index (χ3v) is 6.22. The molecule has 0 saturated heterocycles. The summed E-state index contributed by atoms with van der Waals surface area (Å²) in [5.41, 5.74) is 4.08. The molecule has 39 heavy (non-hydrogen) atoms. The summed E-state index contributed by atoms with van der Waals surface area (Å²) in [7, 11) is 0. The van der Waals surface area contributed by atoms with E-state index in [1.807, 2.05) is 48.5 Å². The van der Waals surface area contributed by atoms with Crippen LogP contribution >= 0.6 is 0 Å². The van der Waals surface area contributed by atoms with Gasteiger partial charge in [-0.2, -0.15) is 22.0 Å². The summed E-state index contributed by atoms with van der Waals surface area (Å²) in [5.74, 6) is -0.982. The normalized spacial score (nSPS) is 15.6. The molecule has 208 valence electrons. The van der Waals surface area contributed by atoms with Gasteiger partial charge in [0.25, 0.3) is 6.17 Å². The molecule has 1 amide bonds. The van der Waals surface area contributed by atoms with Crippen LogP contribution in [0.3, 0.4) is 0 Å². The highest BCUT2D eigenvalue weighted by Gasteiger charge is 2.59. The molecule has 12 heteroatoms. The number of aliphatic hydroxyl groups excluding tert-OH is 2. The maximum absolute atomic E-state index is 13.4. The van der Waals surface area contributed by atoms with E-state index in [9.17, 15) is 41.4 Å². The van der Waals surface area contributed by atoms with Gasteiger partial charge in [0.15, 0.2) is 0 Å². The molecule has 4 rings (SSSR count). The molecule has 0 fully saturated rings. The number of carbonyl (C=O) groups is 1. The van der Waals surface area contributed by atoms with Gasteiger partial charge in [-0.05, 0) is 39.9 Å². The Bertz CT molecular complexity index is 1250. The lowest BCUT2D eigenvalue weighted by Gasteiger charge is -2.23. The Morgan fingerprint density at radius 3 is 1.95 bits per heavy atom. The molecule has 0 radical (unpaired) electrons. The number of nitrogens with one attached hydrogen (secondary N) is 1. The van der Waals surface area contributed by atoms with Crippen LogP contribution in [0, 0.1) is 0 Å². The van der Waals surface area contributed by atoms with Crippen molar-refractivity contribution in [1.82, 2.24) is 5.32 Å². The molecule has 3 atom stereocenters. The largest absolute Gasteiger partial charge is 0.449 e. The summed E-state index contributed by atoms with van der Waals surface area (Å²) in [6.45, 7) is -0.415. The number of carbonyl (C=O) groups excluding carboxylic acids is 1. The van der Waals surface area contributed by atoms with Crippen LogP contribution in [0.2, 0.25) is 0 Å². The van der Waals surface area contributed by atoms with Crippen molar-refractivity contribution in [2.45, 2.75) is 36.6 Å². The van der Waals surface area contributed by atoms with Crippen LogP contribution in [0.15, 0.2) is 72.8 Å². The van der Waals surface area contributed by atoms with E-state index in [-0.39, 0.29) is 18.1 Å². The second-order valence-electron chi connectivity index (χ2n) is 8.86. The Morgan fingerprint density at radius 1 is 0.872 bits per heavy atom. The second-order valence-corrected chi connectivity index (χ2v) is 8.86. The molecule has 3 aromatic rings. The fourth-order valence-corrected chi connectivity index (χ4v) is 4.30. The van der Waals surface area contributed by atoms with E-state index < -0.39 is 49.1 Å². The number of benzene rings is 3. The van der Waals surface area contributed by atoms with E-state index in [1.165, 1.54) is 0 Å². The molecule has 0 saturated carbocycles. The van der Waals surface area contributed by atoms with Gasteiger partial charge in [0.05, 0.1) is 0 Å². The van der Waals surface area contributed by atoms with E-state index >= 15 is 0 Å². The molecule has 2 unspecified atom stereocenters. The molecular formula is C27H23F6NO5. The predicted molar refractivity (Wildman–Crippen MR) is 127 cm³/mol. The van der Waals surface area contributed by atoms with Gasteiger partial charge >= 0.3 is 18.4 Å². The molecule has 0 aliphatic heterocycles. The van der Waals surface area contributed by atoms with E-state index in [0.717, 1.165) is 46.5 Å². The smallest absolute Gasteiger partial charge is 0.439 e. The van der Waals surface area contributed by atoms with Crippen LogP contribution in [0.5, 0.6) is 5.75 Å². The van der Waals surface area contributed by atoms with Crippen molar-refractivity contribution in [1.29, 1.82) is 0 Å². The first-order chi connectivity index (χ1) is 18.4. The number of hydrogen-bond acceptors (Lipinski definition) is 5. The van der Waals surface area contributed by atoms with E-state index in [4.69, 9.17) is 4.74 Å². The van der Waals surface area contributed by atoms with Gasteiger partial charge in [-0.15, -0.1) is 0 Å². The van der Waals surface area contributed by atoms with Crippen molar-refractivity contribution in [3.05, 3.63) is 89.5 Å². The molecule has 6 nitrogen and oxygen atoms in total. The predicted octanol–water partition coefficient (Wildman–Crippen LogP) is 5.49. The number of ether oxygens (including phenoxy) is 2. The maximum atomic E-state index is 13.4. The molecule has 1 aliphatic rings. The molecule has 0 heterocycles. The van der Waals surface area contributed by atoms with Crippen LogP contribution in [0.1, 0.15) is 28.7 Å². The van der Waals surface area contributed by atoms with Crippen molar-refractivity contribution in [2.75, 3.05) is 13.2 Å². The highest BCUT2D eigenvalue weighted by Crippen LogP contribution is 2.44. The number of rotatable bonds is 9. The average molecular weight is 555 g/mol. The first-order valence-electron chi connectivity index (χ1n) is 11.7. The van der Waals surface area contributed by atoms with Crippen LogP contribution in [0.25, 0.3) is 11.1 Å². The zero-order valence-electron chi connectivity index (χ0n) is 20.0. The van der Waals surface area contributed by atoms with Crippen molar-refractivity contribution in [3.63, 3.8) is 0 Å². The molecule has 0 bridgehead atoms. The fraction of sp³-hybridized carbons (Fsp3) is 0.296. The molecule has 3 aromatic carbocycles. The van der Waals surface area contributed by atoms with Gasteiger partial charge in [-0.3, -0.25) is 0 Å². The van der Waals surface area contributed by atoms with Gasteiger partial charge in [0.2, 0.25) is 0 Å². The van der Waals surface area contributed by atoms with Crippen molar-refractivity contribution in [3.8, 4) is 16.9 Å².